The van der Waals surface area contributed by atoms with Crippen molar-refractivity contribution >= 4 is 17.4 Å². The van der Waals surface area contributed by atoms with Crippen molar-refractivity contribution in [1.82, 2.24) is 9.97 Å². The van der Waals surface area contributed by atoms with E-state index in [1.54, 1.807) is 0 Å². The SMILES string of the molecule is CCOc1ccc(NC(=O)C2CCN(c3ccnc(-c4cccc(C)c4)n3)CC2)cc1. The molecule has 4 rings (SSSR count). The van der Waals surface area contributed by atoms with Crippen LogP contribution in [0.15, 0.2) is 60.8 Å². The minimum absolute atomic E-state index is 0.000832. The molecule has 0 unspecified atom stereocenters. The molecular formula is C25H28N4O2. The number of carbonyl (C=O) groups is 1. The van der Waals surface area contributed by atoms with Gasteiger partial charge < -0.3 is 15.0 Å². The summed E-state index contributed by atoms with van der Waals surface area (Å²) >= 11 is 0. The molecule has 1 fully saturated rings. The number of anilines is 2. The second-order valence-corrected chi connectivity index (χ2v) is 7.82. The molecule has 1 aromatic heterocycles. The summed E-state index contributed by atoms with van der Waals surface area (Å²) in [5, 5.41) is 3.03. The number of hydrogen-bond donors (Lipinski definition) is 1. The van der Waals surface area contributed by atoms with Gasteiger partial charge in [0.15, 0.2) is 5.82 Å². The highest BCUT2D eigenvalue weighted by Gasteiger charge is 2.26. The Morgan fingerprint density at radius 2 is 1.90 bits per heavy atom. The Bertz CT molecular complexity index is 1030. The molecule has 6 heteroatoms. The highest BCUT2D eigenvalue weighted by atomic mass is 16.5. The van der Waals surface area contributed by atoms with Gasteiger partial charge in [-0.3, -0.25) is 4.79 Å². The molecule has 31 heavy (non-hydrogen) atoms. The number of hydrogen-bond acceptors (Lipinski definition) is 5. The van der Waals surface area contributed by atoms with Crippen LogP contribution in [0.25, 0.3) is 11.4 Å². The zero-order chi connectivity index (χ0) is 21.6. The molecule has 0 saturated carbocycles. The fourth-order valence-corrected chi connectivity index (χ4v) is 3.86. The summed E-state index contributed by atoms with van der Waals surface area (Å²) in [6.07, 6.45) is 3.41. The molecule has 2 aromatic carbocycles. The lowest BCUT2D eigenvalue weighted by molar-refractivity contribution is -0.120. The number of rotatable bonds is 6. The number of piperidine rings is 1. The molecule has 2 heterocycles. The van der Waals surface area contributed by atoms with Gasteiger partial charge in [0.25, 0.3) is 0 Å². The normalized spacial score (nSPS) is 14.3. The van der Waals surface area contributed by atoms with Crippen molar-refractivity contribution in [2.45, 2.75) is 26.7 Å². The summed E-state index contributed by atoms with van der Waals surface area (Å²) in [6.45, 7) is 6.24. The standard InChI is InChI=1S/C25H28N4O2/c1-3-31-22-9-7-21(8-10-22)27-25(30)19-12-15-29(16-13-19)23-11-14-26-24(28-23)20-6-4-5-18(2)17-20/h4-11,14,17,19H,3,12-13,15-16H2,1-2H3,(H,27,30). The summed E-state index contributed by atoms with van der Waals surface area (Å²) in [4.78, 5) is 24.2. The molecule has 3 aromatic rings. The Balaban J connectivity index is 1.35. The quantitative estimate of drug-likeness (QED) is 0.631. The maximum atomic E-state index is 12.7. The number of aryl methyl sites for hydroxylation is 1. The first kappa shape index (κ1) is 20.8. The number of ether oxygens (including phenoxy) is 1. The van der Waals surface area contributed by atoms with Crippen LogP contribution in [0.1, 0.15) is 25.3 Å². The van der Waals surface area contributed by atoms with Crippen molar-refractivity contribution in [2.75, 3.05) is 29.9 Å². The lowest BCUT2D eigenvalue weighted by Gasteiger charge is -2.32. The third-order valence-corrected chi connectivity index (χ3v) is 5.54. The van der Waals surface area contributed by atoms with Crippen LogP contribution in [0.4, 0.5) is 11.5 Å². The number of nitrogens with one attached hydrogen (secondary N) is 1. The van der Waals surface area contributed by atoms with Crippen LogP contribution in [0.5, 0.6) is 5.75 Å². The first-order valence-corrected chi connectivity index (χ1v) is 10.8. The van der Waals surface area contributed by atoms with Gasteiger partial charge in [0.2, 0.25) is 5.91 Å². The molecule has 6 nitrogen and oxygen atoms in total. The van der Waals surface area contributed by atoms with Crippen LogP contribution in [0.2, 0.25) is 0 Å². The summed E-state index contributed by atoms with van der Waals surface area (Å²) in [7, 11) is 0. The smallest absolute Gasteiger partial charge is 0.227 e. The summed E-state index contributed by atoms with van der Waals surface area (Å²) < 4.78 is 5.45. The molecule has 1 aliphatic heterocycles. The maximum Gasteiger partial charge on any atom is 0.227 e. The van der Waals surface area contributed by atoms with Crippen LogP contribution in [-0.4, -0.2) is 35.6 Å². The van der Waals surface area contributed by atoms with E-state index >= 15 is 0 Å². The van der Waals surface area contributed by atoms with Crippen molar-refractivity contribution in [1.29, 1.82) is 0 Å². The number of nitrogens with zero attached hydrogens (tertiary/aromatic N) is 3. The maximum absolute atomic E-state index is 12.7. The van der Waals surface area contributed by atoms with Crippen molar-refractivity contribution in [3.05, 3.63) is 66.4 Å². The Morgan fingerprint density at radius 3 is 2.61 bits per heavy atom. The molecule has 0 bridgehead atoms. The van der Waals surface area contributed by atoms with Crippen molar-refractivity contribution in [2.24, 2.45) is 5.92 Å². The van der Waals surface area contributed by atoms with Crippen LogP contribution in [0, 0.1) is 12.8 Å². The molecule has 0 radical (unpaired) electrons. The first-order valence-electron chi connectivity index (χ1n) is 10.8. The topological polar surface area (TPSA) is 67.3 Å². The number of carbonyl (C=O) groups excluding carboxylic acids is 1. The highest BCUT2D eigenvalue weighted by molar-refractivity contribution is 5.92. The molecule has 0 spiro atoms. The van der Waals surface area contributed by atoms with E-state index in [-0.39, 0.29) is 11.8 Å². The molecule has 1 amide bonds. The molecule has 0 aliphatic carbocycles. The monoisotopic (exact) mass is 416 g/mol. The third-order valence-electron chi connectivity index (χ3n) is 5.54. The molecular weight excluding hydrogens is 388 g/mol. The number of aromatic nitrogens is 2. The third kappa shape index (κ3) is 5.20. The lowest BCUT2D eigenvalue weighted by Crippen LogP contribution is -2.38. The van der Waals surface area contributed by atoms with Gasteiger partial charge in [0, 0.05) is 36.5 Å². The molecule has 1 N–H and O–H groups in total. The van der Waals surface area contributed by atoms with Gasteiger partial charge >= 0.3 is 0 Å². The van der Waals surface area contributed by atoms with Gasteiger partial charge in [0.05, 0.1) is 6.61 Å². The second kappa shape index (κ2) is 9.60. The second-order valence-electron chi connectivity index (χ2n) is 7.82. The average molecular weight is 417 g/mol. The fraction of sp³-hybridized carbons (Fsp3) is 0.320. The minimum atomic E-state index is 0.000832. The number of amides is 1. The Kier molecular flexibility index (Phi) is 6.46. The predicted octanol–water partition coefficient (Wildman–Crippen LogP) is 4.71. The summed E-state index contributed by atoms with van der Waals surface area (Å²) in [5.41, 5.74) is 3.01. The fourth-order valence-electron chi connectivity index (χ4n) is 3.86. The summed E-state index contributed by atoms with van der Waals surface area (Å²) in [5.74, 6) is 2.53. The van der Waals surface area contributed by atoms with E-state index in [4.69, 9.17) is 9.72 Å². The average Bonchev–Trinajstić information content (AvgIpc) is 2.81. The van der Waals surface area contributed by atoms with E-state index in [1.165, 1.54) is 5.56 Å². The van der Waals surface area contributed by atoms with E-state index in [9.17, 15) is 4.79 Å². The van der Waals surface area contributed by atoms with E-state index in [0.29, 0.717) is 6.61 Å². The van der Waals surface area contributed by atoms with Gasteiger partial charge in [0.1, 0.15) is 11.6 Å². The molecule has 0 atom stereocenters. The van der Waals surface area contributed by atoms with E-state index in [0.717, 1.165) is 54.6 Å². The number of benzene rings is 2. The van der Waals surface area contributed by atoms with Gasteiger partial charge in [-0.25, -0.2) is 9.97 Å². The Labute approximate surface area is 183 Å². The van der Waals surface area contributed by atoms with E-state index < -0.39 is 0 Å². The van der Waals surface area contributed by atoms with Crippen molar-refractivity contribution in [3.63, 3.8) is 0 Å². The molecule has 1 aliphatic rings. The zero-order valence-corrected chi connectivity index (χ0v) is 18.0. The minimum Gasteiger partial charge on any atom is -0.494 e. The predicted molar refractivity (Wildman–Crippen MR) is 123 cm³/mol. The van der Waals surface area contributed by atoms with E-state index in [1.807, 2.05) is 55.6 Å². The Hall–Kier alpha value is -3.41. The van der Waals surface area contributed by atoms with Gasteiger partial charge in [-0.2, -0.15) is 0 Å². The van der Waals surface area contributed by atoms with Crippen molar-refractivity contribution < 1.29 is 9.53 Å². The molecule has 1 saturated heterocycles. The van der Waals surface area contributed by atoms with E-state index in [2.05, 4.69) is 34.3 Å². The summed E-state index contributed by atoms with van der Waals surface area (Å²) in [6, 6.07) is 17.7. The van der Waals surface area contributed by atoms with Gasteiger partial charge in [-0.15, -0.1) is 0 Å². The van der Waals surface area contributed by atoms with Crippen LogP contribution >= 0.6 is 0 Å². The van der Waals surface area contributed by atoms with Crippen molar-refractivity contribution in [3.8, 4) is 17.1 Å². The van der Waals surface area contributed by atoms with Gasteiger partial charge in [-0.1, -0.05) is 23.8 Å². The van der Waals surface area contributed by atoms with Crippen LogP contribution < -0.4 is 15.0 Å². The van der Waals surface area contributed by atoms with Crippen LogP contribution in [0.3, 0.4) is 0 Å². The molecule has 160 valence electrons. The Morgan fingerprint density at radius 1 is 1.13 bits per heavy atom. The van der Waals surface area contributed by atoms with Gasteiger partial charge in [-0.05, 0) is 63.1 Å². The lowest BCUT2D eigenvalue weighted by atomic mass is 9.96. The largest absolute Gasteiger partial charge is 0.494 e. The highest BCUT2D eigenvalue weighted by Crippen LogP contribution is 2.25. The first-order chi connectivity index (χ1) is 15.1. The zero-order valence-electron chi connectivity index (χ0n) is 18.0. The van der Waals surface area contributed by atoms with Crippen LogP contribution in [-0.2, 0) is 4.79 Å².